The molecule has 2 heterocycles. The number of benzene rings is 1. The highest BCUT2D eigenvalue weighted by Crippen LogP contribution is 2.30. The van der Waals surface area contributed by atoms with Crippen molar-refractivity contribution >= 4 is 11.9 Å². The van der Waals surface area contributed by atoms with E-state index in [1.807, 2.05) is 45.0 Å². The Bertz CT molecular complexity index is 849. The molecule has 28 heavy (non-hydrogen) atoms. The predicted octanol–water partition coefficient (Wildman–Crippen LogP) is 2.92. The van der Waals surface area contributed by atoms with E-state index in [9.17, 15) is 14.7 Å². The lowest BCUT2D eigenvalue weighted by Crippen LogP contribution is -2.46. The molecule has 7 nitrogen and oxygen atoms in total. The third-order valence-corrected chi connectivity index (χ3v) is 5.37. The third kappa shape index (κ3) is 3.94. The summed E-state index contributed by atoms with van der Waals surface area (Å²) >= 11 is 0. The van der Waals surface area contributed by atoms with Crippen LogP contribution in [0, 0.1) is 12.3 Å². The number of rotatable bonds is 6. The molecular formula is C21H27N3O4. The van der Waals surface area contributed by atoms with Crippen molar-refractivity contribution in [3.8, 4) is 5.69 Å². The first kappa shape index (κ1) is 20.1. The van der Waals surface area contributed by atoms with Crippen LogP contribution in [0.1, 0.15) is 54.2 Å². The average molecular weight is 385 g/mol. The normalized spacial score (nSPS) is 16.1. The number of carbonyl (C=O) groups excluding carboxylic acids is 1. The van der Waals surface area contributed by atoms with Gasteiger partial charge in [-0.05, 0) is 37.8 Å². The zero-order chi connectivity index (χ0) is 20.3. The fourth-order valence-electron chi connectivity index (χ4n) is 3.55. The Kier molecular flexibility index (Phi) is 5.84. The molecule has 2 N–H and O–H groups in total. The van der Waals surface area contributed by atoms with Crippen LogP contribution in [0.3, 0.4) is 0 Å². The van der Waals surface area contributed by atoms with Crippen molar-refractivity contribution in [3.63, 3.8) is 0 Å². The molecular weight excluding hydrogens is 358 g/mol. The van der Waals surface area contributed by atoms with Gasteiger partial charge in [0, 0.05) is 19.8 Å². The molecule has 1 aliphatic heterocycles. The lowest BCUT2D eigenvalue weighted by Gasteiger charge is -2.33. The Labute approximate surface area is 164 Å². The second-order valence-electron chi connectivity index (χ2n) is 7.73. The number of carboxylic acid groups (broad SMARTS) is 1. The van der Waals surface area contributed by atoms with E-state index in [-0.39, 0.29) is 18.4 Å². The van der Waals surface area contributed by atoms with Crippen molar-refractivity contribution in [1.82, 2.24) is 15.1 Å². The molecule has 3 rings (SSSR count). The van der Waals surface area contributed by atoms with Crippen molar-refractivity contribution in [2.24, 2.45) is 5.41 Å². The molecule has 0 atom stereocenters. The van der Waals surface area contributed by atoms with Gasteiger partial charge in [0.2, 0.25) is 0 Å². The first-order valence-electron chi connectivity index (χ1n) is 9.58. The summed E-state index contributed by atoms with van der Waals surface area (Å²) in [7, 11) is 0. The van der Waals surface area contributed by atoms with Gasteiger partial charge in [-0.15, -0.1) is 0 Å². The van der Waals surface area contributed by atoms with Gasteiger partial charge in [-0.1, -0.05) is 31.5 Å². The highest BCUT2D eigenvalue weighted by Gasteiger charge is 2.40. The van der Waals surface area contributed by atoms with Crippen molar-refractivity contribution in [1.29, 1.82) is 0 Å². The molecule has 0 radical (unpaired) electrons. The van der Waals surface area contributed by atoms with Crippen LogP contribution >= 0.6 is 0 Å². The summed E-state index contributed by atoms with van der Waals surface area (Å²) in [5, 5.41) is 16.9. The maximum absolute atomic E-state index is 12.9. The summed E-state index contributed by atoms with van der Waals surface area (Å²) in [4.78, 5) is 24.7. The summed E-state index contributed by atoms with van der Waals surface area (Å²) in [5.74, 6) is -1.12. The molecule has 2 aromatic rings. The Morgan fingerprint density at radius 1 is 1.25 bits per heavy atom. The van der Waals surface area contributed by atoms with E-state index in [1.165, 1.54) is 0 Å². The monoisotopic (exact) mass is 385 g/mol. The van der Waals surface area contributed by atoms with Gasteiger partial charge in [-0.3, -0.25) is 9.59 Å². The molecule has 1 aromatic carbocycles. The molecule has 1 amide bonds. The van der Waals surface area contributed by atoms with E-state index in [1.54, 1.807) is 10.9 Å². The van der Waals surface area contributed by atoms with Gasteiger partial charge in [-0.25, -0.2) is 4.68 Å². The molecule has 1 aromatic heterocycles. The lowest BCUT2D eigenvalue weighted by atomic mass is 9.80. The van der Waals surface area contributed by atoms with Gasteiger partial charge < -0.3 is 15.2 Å². The summed E-state index contributed by atoms with van der Waals surface area (Å²) in [6, 6.07) is 7.94. The van der Waals surface area contributed by atoms with E-state index in [2.05, 4.69) is 10.4 Å². The highest BCUT2D eigenvalue weighted by molar-refractivity contribution is 5.95. The van der Waals surface area contributed by atoms with Crippen molar-refractivity contribution in [2.45, 2.75) is 39.5 Å². The van der Waals surface area contributed by atoms with Crippen LogP contribution in [0.25, 0.3) is 5.69 Å². The fraction of sp³-hybridized carbons (Fsp3) is 0.476. The minimum Gasteiger partial charge on any atom is -0.481 e. The van der Waals surface area contributed by atoms with E-state index in [4.69, 9.17) is 4.74 Å². The molecule has 7 heteroatoms. The number of carboxylic acids is 1. The number of carbonyl (C=O) groups is 2. The van der Waals surface area contributed by atoms with Crippen molar-refractivity contribution < 1.29 is 19.4 Å². The first-order chi connectivity index (χ1) is 13.3. The molecule has 0 saturated carbocycles. The quantitative estimate of drug-likeness (QED) is 0.797. The Hall–Kier alpha value is -2.67. The molecule has 0 unspecified atom stereocenters. The number of amides is 1. The standard InChI is InChI=1S/C21H27N3O4/c1-14(2)18-17(12-23-24(18)16-6-4-15(3)5-7-16)19(25)22-13-21(20(26)27)8-10-28-11-9-21/h4-7,12,14H,8-11,13H2,1-3H3,(H,22,25)(H,26,27). The van der Waals surface area contributed by atoms with Gasteiger partial charge in [0.05, 0.1) is 28.6 Å². The number of ether oxygens (including phenoxy) is 1. The molecule has 0 aliphatic carbocycles. The summed E-state index contributed by atoms with van der Waals surface area (Å²) in [6.45, 7) is 6.91. The average Bonchev–Trinajstić information content (AvgIpc) is 3.13. The molecule has 1 aliphatic rings. The number of aromatic nitrogens is 2. The molecule has 0 spiro atoms. The van der Waals surface area contributed by atoms with Gasteiger partial charge >= 0.3 is 5.97 Å². The van der Waals surface area contributed by atoms with Crippen LogP contribution in [0.2, 0.25) is 0 Å². The van der Waals surface area contributed by atoms with E-state index in [0.717, 1.165) is 16.9 Å². The summed E-state index contributed by atoms with van der Waals surface area (Å²) < 4.78 is 7.07. The maximum atomic E-state index is 12.9. The minimum absolute atomic E-state index is 0.0704. The van der Waals surface area contributed by atoms with E-state index >= 15 is 0 Å². The lowest BCUT2D eigenvalue weighted by molar-refractivity contribution is -0.154. The first-order valence-corrected chi connectivity index (χ1v) is 9.58. The van der Waals surface area contributed by atoms with Crippen LogP contribution in [-0.4, -0.2) is 46.5 Å². The van der Waals surface area contributed by atoms with Gasteiger partial charge in [0.15, 0.2) is 0 Å². The van der Waals surface area contributed by atoms with Gasteiger partial charge in [0.25, 0.3) is 5.91 Å². The number of hydrogen-bond acceptors (Lipinski definition) is 4. The smallest absolute Gasteiger partial charge is 0.311 e. The zero-order valence-corrected chi connectivity index (χ0v) is 16.6. The van der Waals surface area contributed by atoms with E-state index < -0.39 is 11.4 Å². The highest BCUT2D eigenvalue weighted by atomic mass is 16.5. The maximum Gasteiger partial charge on any atom is 0.311 e. The van der Waals surface area contributed by atoms with Crippen molar-refractivity contribution in [3.05, 3.63) is 47.3 Å². The number of nitrogens with one attached hydrogen (secondary N) is 1. The number of nitrogens with zero attached hydrogens (tertiary/aromatic N) is 2. The second kappa shape index (κ2) is 8.14. The van der Waals surface area contributed by atoms with Crippen LogP contribution in [0.15, 0.2) is 30.5 Å². The zero-order valence-electron chi connectivity index (χ0n) is 16.6. The van der Waals surface area contributed by atoms with Crippen LogP contribution < -0.4 is 5.32 Å². The van der Waals surface area contributed by atoms with Crippen molar-refractivity contribution in [2.75, 3.05) is 19.8 Å². The summed E-state index contributed by atoms with van der Waals surface area (Å²) in [6.07, 6.45) is 2.34. The molecule has 150 valence electrons. The Balaban J connectivity index is 1.83. The SMILES string of the molecule is Cc1ccc(-n2ncc(C(=O)NCC3(C(=O)O)CCOCC3)c2C(C)C)cc1. The largest absolute Gasteiger partial charge is 0.481 e. The second-order valence-corrected chi connectivity index (χ2v) is 7.73. The van der Waals surface area contributed by atoms with Crippen LogP contribution in [0.4, 0.5) is 0 Å². The third-order valence-electron chi connectivity index (χ3n) is 5.37. The molecule has 1 saturated heterocycles. The van der Waals surface area contributed by atoms with Gasteiger partial charge in [-0.2, -0.15) is 5.10 Å². The fourth-order valence-corrected chi connectivity index (χ4v) is 3.55. The minimum atomic E-state index is -0.973. The predicted molar refractivity (Wildman–Crippen MR) is 105 cm³/mol. The van der Waals surface area contributed by atoms with Crippen LogP contribution in [-0.2, 0) is 9.53 Å². The van der Waals surface area contributed by atoms with Gasteiger partial charge in [0.1, 0.15) is 0 Å². The van der Waals surface area contributed by atoms with E-state index in [0.29, 0.717) is 31.6 Å². The Morgan fingerprint density at radius 3 is 2.46 bits per heavy atom. The number of aliphatic carboxylic acids is 1. The molecule has 0 bridgehead atoms. The topological polar surface area (TPSA) is 93.5 Å². The summed E-state index contributed by atoms with van der Waals surface area (Å²) in [5.41, 5.74) is 2.34. The number of aryl methyl sites for hydroxylation is 1. The van der Waals surface area contributed by atoms with Crippen LogP contribution in [0.5, 0.6) is 0 Å². The Morgan fingerprint density at radius 2 is 1.89 bits per heavy atom. The molecule has 1 fully saturated rings. The number of hydrogen-bond donors (Lipinski definition) is 2.